The van der Waals surface area contributed by atoms with E-state index in [1.165, 1.54) is 16.7 Å². The van der Waals surface area contributed by atoms with Crippen molar-refractivity contribution >= 4 is 0 Å². The standard InChI is InChI=1S/C15H18/c1-5-6-15(12(2)3)11-14-9-7-13(4)8-10-14/h5-10H,1-2,11H2,3-4H3/b15-6-. The van der Waals surface area contributed by atoms with Gasteiger partial charge in [0.2, 0.25) is 0 Å². The summed E-state index contributed by atoms with van der Waals surface area (Å²) < 4.78 is 0. The Balaban J connectivity index is 2.83. The average Bonchev–Trinajstić information content (AvgIpc) is 2.20. The first-order valence-electron chi connectivity index (χ1n) is 5.16. The minimum absolute atomic E-state index is 0.932. The molecule has 78 valence electrons. The largest absolute Gasteiger partial charge is 0.0991 e. The number of hydrogen-bond acceptors (Lipinski definition) is 0. The van der Waals surface area contributed by atoms with Crippen molar-refractivity contribution in [1.29, 1.82) is 0 Å². The van der Waals surface area contributed by atoms with Gasteiger partial charge in [-0.15, -0.1) is 0 Å². The molecule has 15 heavy (non-hydrogen) atoms. The summed E-state index contributed by atoms with van der Waals surface area (Å²) in [6, 6.07) is 8.60. The van der Waals surface area contributed by atoms with Crippen LogP contribution < -0.4 is 0 Å². The monoisotopic (exact) mass is 198 g/mol. The van der Waals surface area contributed by atoms with E-state index in [0.29, 0.717) is 0 Å². The van der Waals surface area contributed by atoms with E-state index in [1.807, 2.05) is 19.1 Å². The summed E-state index contributed by atoms with van der Waals surface area (Å²) in [7, 11) is 0. The molecule has 0 N–H and O–H groups in total. The van der Waals surface area contributed by atoms with E-state index < -0.39 is 0 Å². The molecule has 0 nitrogen and oxygen atoms in total. The van der Waals surface area contributed by atoms with Gasteiger partial charge in [-0.2, -0.15) is 0 Å². The van der Waals surface area contributed by atoms with Crippen molar-refractivity contribution in [2.75, 3.05) is 0 Å². The molecule has 0 aliphatic heterocycles. The van der Waals surface area contributed by atoms with Crippen LogP contribution in [0.5, 0.6) is 0 Å². The quantitative estimate of drug-likeness (QED) is 0.635. The molecule has 0 heteroatoms. The van der Waals surface area contributed by atoms with E-state index in [0.717, 1.165) is 12.0 Å². The zero-order chi connectivity index (χ0) is 11.3. The van der Waals surface area contributed by atoms with Crippen LogP contribution >= 0.6 is 0 Å². The van der Waals surface area contributed by atoms with Crippen LogP contribution in [0.2, 0.25) is 0 Å². The minimum atomic E-state index is 0.932. The first kappa shape index (κ1) is 11.5. The molecule has 0 saturated carbocycles. The maximum absolute atomic E-state index is 3.97. The van der Waals surface area contributed by atoms with Crippen molar-refractivity contribution in [2.45, 2.75) is 20.3 Å². The molecule has 0 aromatic heterocycles. The van der Waals surface area contributed by atoms with Gasteiger partial charge in [0.15, 0.2) is 0 Å². The summed E-state index contributed by atoms with van der Waals surface area (Å²) in [6.45, 7) is 11.8. The molecular formula is C15H18. The molecule has 0 bridgehead atoms. The Morgan fingerprint density at radius 2 is 1.87 bits per heavy atom. The van der Waals surface area contributed by atoms with Crippen LogP contribution in [0.1, 0.15) is 18.1 Å². The second-order valence-electron chi connectivity index (χ2n) is 3.87. The van der Waals surface area contributed by atoms with Gasteiger partial charge in [0.1, 0.15) is 0 Å². The maximum atomic E-state index is 3.97. The van der Waals surface area contributed by atoms with Gasteiger partial charge in [-0.25, -0.2) is 0 Å². The number of benzene rings is 1. The summed E-state index contributed by atoms with van der Waals surface area (Å²) in [5, 5.41) is 0. The van der Waals surface area contributed by atoms with E-state index in [9.17, 15) is 0 Å². The van der Waals surface area contributed by atoms with Crippen LogP contribution in [-0.2, 0) is 6.42 Å². The van der Waals surface area contributed by atoms with Gasteiger partial charge >= 0.3 is 0 Å². The van der Waals surface area contributed by atoms with Crippen molar-refractivity contribution < 1.29 is 0 Å². The van der Waals surface area contributed by atoms with Gasteiger partial charge in [0.25, 0.3) is 0 Å². The Kier molecular flexibility index (Phi) is 4.11. The molecule has 0 aliphatic rings. The lowest BCUT2D eigenvalue weighted by atomic mass is 9.99. The smallest absolute Gasteiger partial charge is 0.00234 e. The Labute approximate surface area is 92.6 Å². The second-order valence-corrected chi connectivity index (χ2v) is 3.87. The van der Waals surface area contributed by atoms with E-state index in [4.69, 9.17) is 0 Å². The maximum Gasteiger partial charge on any atom is -0.00234 e. The molecule has 1 rings (SSSR count). The average molecular weight is 198 g/mol. The van der Waals surface area contributed by atoms with Crippen LogP contribution in [0, 0.1) is 6.92 Å². The summed E-state index contributed by atoms with van der Waals surface area (Å²) in [6.07, 6.45) is 4.78. The molecule has 0 fully saturated rings. The minimum Gasteiger partial charge on any atom is -0.0991 e. The van der Waals surface area contributed by atoms with Crippen LogP contribution in [0.15, 0.2) is 60.7 Å². The van der Waals surface area contributed by atoms with Gasteiger partial charge in [-0.05, 0) is 31.4 Å². The van der Waals surface area contributed by atoms with Crippen LogP contribution in [-0.4, -0.2) is 0 Å². The molecule has 0 aliphatic carbocycles. The van der Waals surface area contributed by atoms with Gasteiger partial charge in [0.05, 0.1) is 0 Å². The molecule has 0 unspecified atom stereocenters. The Bertz CT molecular complexity index is 377. The van der Waals surface area contributed by atoms with E-state index in [2.05, 4.69) is 44.3 Å². The van der Waals surface area contributed by atoms with E-state index >= 15 is 0 Å². The lowest BCUT2D eigenvalue weighted by Gasteiger charge is -2.06. The summed E-state index contributed by atoms with van der Waals surface area (Å²) in [5.41, 5.74) is 4.96. The van der Waals surface area contributed by atoms with E-state index in [-0.39, 0.29) is 0 Å². The summed E-state index contributed by atoms with van der Waals surface area (Å²) in [4.78, 5) is 0. The molecule has 0 spiro atoms. The van der Waals surface area contributed by atoms with Gasteiger partial charge in [-0.1, -0.05) is 60.7 Å². The highest BCUT2D eigenvalue weighted by molar-refractivity contribution is 5.35. The SMILES string of the molecule is C=C/C=C(/Cc1ccc(C)cc1)C(=C)C. The van der Waals surface area contributed by atoms with E-state index in [1.54, 1.807) is 0 Å². The van der Waals surface area contributed by atoms with Crippen molar-refractivity contribution in [3.8, 4) is 0 Å². The molecular weight excluding hydrogens is 180 g/mol. The summed E-state index contributed by atoms with van der Waals surface area (Å²) >= 11 is 0. The van der Waals surface area contributed by atoms with Crippen molar-refractivity contribution in [3.05, 3.63) is 71.8 Å². The third-order valence-electron chi connectivity index (χ3n) is 2.38. The molecule has 0 heterocycles. The molecule has 0 radical (unpaired) electrons. The second kappa shape index (κ2) is 5.35. The molecule has 1 aromatic rings. The van der Waals surface area contributed by atoms with Crippen LogP contribution in [0.25, 0.3) is 0 Å². The molecule has 0 saturated heterocycles. The first-order chi connectivity index (χ1) is 7.13. The molecule has 0 atom stereocenters. The van der Waals surface area contributed by atoms with Crippen molar-refractivity contribution in [2.24, 2.45) is 0 Å². The van der Waals surface area contributed by atoms with Crippen molar-refractivity contribution in [1.82, 2.24) is 0 Å². The van der Waals surface area contributed by atoms with Gasteiger partial charge in [-0.3, -0.25) is 0 Å². The predicted octanol–water partition coefficient (Wildman–Crippen LogP) is 4.23. The highest BCUT2D eigenvalue weighted by atomic mass is 14.0. The fourth-order valence-corrected chi connectivity index (χ4v) is 1.42. The highest BCUT2D eigenvalue weighted by Crippen LogP contribution is 2.15. The fourth-order valence-electron chi connectivity index (χ4n) is 1.42. The molecule has 1 aromatic carbocycles. The third kappa shape index (κ3) is 3.59. The Morgan fingerprint density at radius 1 is 1.27 bits per heavy atom. The fraction of sp³-hybridized carbons (Fsp3) is 0.200. The third-order valence-corrected chi connectivity index (χ3v) is 2.38. The van der Waals surface area contributed by atoms with Crippen molar-refractivity contribution in [3.63, 3.8) is 0 Å². The first-order valence-corrected chi connectivity index (χ1v) is 5.16. The Morgan fingerprint density at radius 3 is 2.33 bits per heavy atom. The lowest BCUT2D eigenvalue weighted by Crippen LogP contribution is -1.91. The molecule has 0 amide bonds. The number of allylic oxidation sites excluding steroid dienone is 4. The van der Waals surface area contributed by atoms with Crippen LogP contribution in [0.4, 0.5) is 0 Å². The predicted molar refractivity (Wildman–Crippen MR) is 68.0 cm³/mol. The normalized spacial score (nSPS) is 11.2. The Hall–Kier alpha value is -1.56. The summed E-state index contributed by atoms with van der Waals surface area (Å²) in [5.74, 6) is 0. The number of hydrogen-bond donors (Lipinski definition) is 0. The lowest BCUT2D eigenvalue weighted by molar-refractivity contribution is 1.15. The number of aryl methyl sites for hydroxylation is 1. The highest BCUT2D eigenvalue weighted by Gasteiger charge is 1.99. The zero-order valence-corrected chi connectivity index (χ0v) is 9.59. The van der Waals surface area contributed by atoms with Gasteiger partial charge in [0, 0.05) is 0 Å². The topological polar surface area (TPSA) is 0 Å². The van der Waals surface area contributed by atoms with Gasteiger partial charge < -0.3 is 0 Å². The van der Waals surface area contributed by atoms with Crippen LogP contribution in [0.3, 0.4) is 0 Å². The number of rotatable bonds is 4. The zero-order valence-electron chi connectivity index (χ0n) is 9.59.